The van der Waals surface area contributed by atoms with Crippen LogP contribution in [0.15, 0.2) is 71.1 Å². The number of rotatable bonds is 6. The second-order valence-electron chi connectivity index (χ2n) is 7.96. The number of hydrogen-bond donors (Lipinski definition) is 1. The van der Waals surface area contributed by atoms with Crippen molar-refractivity contribution in [3.05, 3.63) is 89.4 Å². The van der Waals surface area contributed by atoms with Crippen LogP contribution in [0, 0.1) is 13.8 Å². The fourth-order valence-corrected chi connectivity index (χ4v) is 3.87. The number of carbonyl (C=O) groups excluding carboxylic acids is 1. The van der Waals surface area contributed by atoms with Gasteiger partial charge in [0.1, 0.15) is 17.6 Å². The number of aryl methyl sites for hydroxylation is 2. The largest absolute Gasteiger partial charge is 0.487 e. The first-order chi connectivity index (χ1) is 16.0. The first kappa shape index (κ1) is 20.8. The summed E-state index contributed by atoms with van der Waals surface area (Å²) in [5.41, 5.74) is 3.75. The number of ether oxygens (including phenoxy) is 2. The maximum absolute atomic E-state index is 12.6. The van der Waals surface area contributed by atoms with Crippen molar-refractivity contribution in [1.29, 1.82) is 0 Å². The molecule has 1 atom stereocenters. The van der Waals surface area contributed by atoms with Crippen LogP contribution in [0.1, 0.15) is 27.5 Å². The third-order valence-corrected chi connectivity index (χ3v) is 5.31. The van der Waals surface area contributed by atoms with Gasteiger partial charge in [-0.15, -0.1) is 0 Å². The van der Waals surface area contributed by atoms with Crippen LogP contribution < -0.4 is 14.8 Å². The topological polar surface area (TPSA) is 86.5 Å². The average molecular weight is 441 g/mol. The number of aromatic nitrogens is 2. The smallest absolute Gasteiger partial charge is 0.290 e. The quantitative estimate of drug-likeness (QED) is 0.459. The van der Waals surface area contributed by atoms with Crippen LogP contribution in [-0.2, 0) is 6.42 Å². The lowest BCUT2D eigenvalue weighted by Crippen LogP contribution is -2.34. The molecule has 166 valence electrons. The van der Waals surface area contributed by atoms with E-state index in [1.54, 1.807) is 12.1 Å². The monoisotopic (exact) mass is 441 g/mol. The van der Waals surface area contributed by atoms with Crippen LogP contribution in [0.3, 0.4) is 0 Å². The van der Waals surface area contributed by atoms with Gasteiger partial charge in [0.25, 0.3) is 11.9 Å². The molecular weight excluding hydrogens is 418 g/mol. The van der Waals surface area contributed by atoms with E-state index in [9.17, 15) is 4.79 Å². The molecule has 0 spiro atoms. The Hall–Kier alpha value is -4.13. The van der Waals surface area contributed by atoms with Crippen molar-refractivity contribution < 1.29 is 18.7 Å². The van der Waals surface area contributed by atoms with Crippen molar-refractivity contribution in [1.82, 2.24) is 15.3 Å². The Morgan fingerprint density at radius 3 is 2.61 bits per heavy atom. The molecule has 7 nitrogen and oxygen atoms in total. The van der Waals surface area contributed by atoms with Crippen molar-refractivity contribution in [2.45, 2.75) is 26.4 Å². The number of carbonyl (C=O) groups is 1. The fourth-order valence-electron chi connectivity index (χ4n) is 3.87. The van der Waals surface area contributed by atoms with E-state index in [2.05, 4.69) is 15.3 Å². The molecule has 4 aromatic rings. The van der Waals surface area contributed by atoms with Crippen LogP contribution in [0.2, 0.25) is 0 Å². The molecule has 0 aliphatic carbocycles. The minimum Gasteiger partial charge on any atom is -0.487 e. The van der Waals surface area contributed by atoms with Crippen molar-refractivity contribution >= 4 is 5.91 Å². The molecule has 1 aliphatic heterocycles. The van der Waals surface area contributed by atoms with Gasteiger partial charge >= 0.3 is 0 Å². The second-order valence-corrected chi connectivity index (χ2v) is 7.96. The molecule has 7 heteroatoms. The van der Waals surface area contributed by atoms with Crippen LogP contribution in [0.25, 0.3) is 11.4 Å². The summed E-state index contributed by atoms with van der Waals surface area (Å²) in [6, 6.07) is 20.4. The summed E-state index contributed by atoms with van der Waals surface area (Å²) in [4.78, 5) is 21.7. The van der Waals surface area contributed by atoms with Crippen molar-refractivity contribution in [3.63, 3.8) is 0 Å². The van der Waals surface area contributed by atoms with E-state index in [4.69, 9.17) is 13.9 Å². The normalized spacial score (nSPS) is 14.4. The predicted molar refractivity (Wildman–Crippen MR) is 123 cm³/mol. The minimum absolute atomic E-state index is 0.181. The van der Waals surface area contributed by atoms with E-state index >= 15 is 0 Å². The zero-order valence-corrected chi connectivity index (χ0v) is 18.4. The second kappa shape index (κ2) is 8.78. The molecule has 3 heterocycles. The van der Waals surface area contributed by atoms with Gasteiger partial charge in [0.05, 0.1) is 12.1 Å². The number of nitrogens with zero attached hydrogens (tertiary/aromatic N) is 2. The van der Waals surface area contributed by atoms with Crippen LogP contribution in [0.4, 0.5) is 0 Å². The lowest BCUT2D eigenvalue weighted by atomic mass is 10.1. The molecule has 0 saturated heterocycles. The van der Waals surface area contributed by atoms with Gasteiger partial charge in [0.15, 0.2) is 11.6 Å². The first-order valence-corrected chi connectivity index (χ1v) is 10.8. The zero-order chi connectivity index (χ0) is 22.8. The number of fused-ring (bicyclic) bond motifs is 1. The molecular formula is C26H23N3O4. The highest BCUT2D eigenvalue weighted by atomic mass is 16.6. The molecule has 2 aromatic heterocycles. The van der Waals surface area contributed by atoms with Crippen LogP contribution >= 0.6 is 0 Å². The summed E-state index contributed by atoms with van der Waals surface area (Å²) in [5.74, 6) is 2.18. The number of amides is 1. The lowest BCUT2D eigenvalue weighted by Gasteiger charge is -2.13. The van der Waals surface area contributed by atoms with E-state index in [0.29, 0.717) is 24.5 Å². The highest BCUT2D eigenvalue weighted by Gasteiger charge is 2.27. The van der Waals surface area contributed by atoms with E-state index in [1.165, 1.54) is 0 Å². The summed E-state index contributed by atoms with van der Waals surface area (Å²) in [7, 11) is 0. The third kappa shape index (κ3) is 4.57. The summed E-state index contributed by atoms with van der Waals surface area (Å²) in [6.07, 6.45) is 0.500. The lowest BCUT2D eigenvalue weighted by molar-refractivity contribution is 0.0901. The molecule has 0 bridgehead atoms. The van der Waals surface area contributed by atoms with Crippen molar-refractivity contribution in [2.75, 3.05) is 6.54 Å². The van der Waals surface area contributed by atoms with Crippen LogP contribution in [-0.4, -0.2) is 28.5 Å². The number of benzene rings is 2. The Kier molecular flexibility index (Phi) is 5.52. The van der Waals surface area contributed by atoms with E-state index in [0.717, 1.165) is 28.3 Å². The van der Waals surface area contributed by atoms with Gasteiger partial charge in [-0.3, -0.25) is 4.79 Å². The first-order valence-electron chi connectivity index (χ1n) is 10.8. The van der Waals surface area contributed by atoms with E-state index in [1.807, 2.05) is 68.4 Å². The molecule has 1 unspecified atom stereocenters. The Balaban J connectivity index is 1.23. The molecule has 0 radical (unpaired) electrons. The van der Waals surface area contributed by atoms with Crippen molar-refractivity contribution in [2.24, 2.45) is 0 Å². The summed E-state index contributed by atoms with van der Waals surface area (Å²) < 4.78 is 17.3. The average Bonchev–Trinajstić information content (AvgIpc) is 3.44. The fraction of sp³-hybridized carbons (Fsp3) is 0.192. The Morgan fingerprint density at radius 2 is 1.82 bits per heavy atom. The molecule has 0 fully saturated rings. The Bertz CT molecular complexity index is 1280. The number of nitrogens with one attached hydrogen (secondary N) is 1. The maximum atomic E-state index is 12.6. The van der Waals surface area contributed by atoms with Gasteiger partial charge in [-0.1, -0.05) is 30.3 Å². The van der Waals surface area contributed by atoms with Crippen LogP contribution in [0.5, 0.6) is 17.4 Å². The minimum atomic E-state index is -0.324. The van der Waals surface area contributed by atoms with Gasteiger partial charge < -0.3 is 19.2 Å². The third-order valence-electron chi connectivity index (χ3n) is 5.31. The molecule has 5 rings (SSSR count). The van der Waals surface area contributed by atoms with Gasteiger partial charge in [-0.25, -0.2) is 9.97 Å². The molecule has 1 N–H and O–H groups in total. The van der Waals surface area contributed by atoms with Crippen molar-refractivity contribution in [3.8, 4) is 28.8 Å². The standard InChI is InChI=1S/C26H23N3O4/c1-16-13-17(2)29-25(28-16)21-10-6-7-18-14-20(32-24(18)21)15-27-26(30)22-11-12-23(33-22)31-19-8-4-3-5-9-19/h3-13,20H,14-15H2,1-2H3,(H,27,30). The number of furan rings is 1. The van der Waals surface area contributed by atoms with E-state index in [-0.39, 0.29) is 23.7 Å². The highest BCUT2D eigenvalue weighted by Crippen LogP contribution is 2.37. The molecule has 1 aliphatic rings. The molecule has 2 aromatic carbocycles. The molecule has 33 heavy (non-hydrogen) atoms. The summed E-state index contributed by atoms with van der Waals surface area (Å²) in [5, 5.41) is 2.89. The number of para-hydroxylation sites is 2. The highest BCUT2D eigenvalue weighted by molar-refractivity contribution is 5.91. The Morgan fingerprint density at radius 1 is 1.03 bits per heavy atom. The molecule has 0 saturated carbocycles. The van der Waals surface area contributed by atoms with E-state index < -0.39 is 0 Å². The predicted octanol–water partition coefficient (Wildman–Crippen LogP) is 4.88. The molecule has 1 amide bonds. The summed E-state index contributed by atoms with van der Waals surface area (Å²) in [6.45, 7) is 4.24. The number of hydrogen-bond acceptors (Lipinski definition) is 6. The maximum Gasteiger partial charge on any atom is 0.290 e. The SMILES string of the molecule is Cc1cc(C)nc(-c2cccc3c2OC(CNC(=O)c2ccc(Oc4ccccc4)o2)C3)n1. The summed E-state index contributed by atoms with van der Waals surface area (Å²) >= 11 is 0. The van der Waals surface area contributed by atoms with Gasteiger partial charge in [0.2, 0.25) is 0 Å². The van der Waals surface area contributed by atoms with Gasteiger partial charge in [0, 0.05) is 23.9 Å². The zero-order valence-electron chi connectivity index (χ0n) is 18.4. The van der Waals surface area contributed by atoms with Gasteiger partial charge in [-0.05, 0) is 49.7 Å². The Labute approximate surface area is 191 Å². The van der Waals surface area contributed by atoms with Gasteiger partial charge in [-0.2, -0.15) is 0 Å².